The largest absolute Gasteiger partial charge is 0.495 e. The maximum absolute atomic E-state index is 13.3. The van der Waals surface area contributed by atoms with E-state index in [4.69, 9.17) is 16.3 Å². The number of carbonyl (C=O) groups excluding carboxylic acids is 1. The highest BCUT2D eigenvalue weighted by molar-refractivity contribution is 8.00. The average Bonchev–Trinajstić information content (AvgIpc) is 3.44. The van der Waals surface area contributed by atoms with Gasteiger partial charge in [0.15, 0.2) is 0 Å². The van der Waals surface area contributed by atoms with Crippen molar-refractivity contribution in [3.05, 3.63) is 59.1 Å². The Hall–Kier alpha value is -2.58. The topological polar surface area (TPSA) is 81.9 Å². The lowest BCUT2D eigenvalue weighted by molar-refractivity contribution is -0.115. The van der Waals surface area contributed by atoms with Gasteiger partial charge in [-0.1, -0.05) is 66.5 Å². The summed E-state index contributed by atoms with van der Waals surface area (Å²) in [7, 11) is 1.55. The minimum Gasteiger partial charge on any atom is -0.495 e. The lowest BCUT2D eigenvalue weighted by Crippen LogP contribution is -2.20. The van der Waals surface area contributed by atoms with Crippen molar-refractivity contribution in [2.75, 3.05) is 12.4 Å². The molecule has 1 fully saturated rings. The summed E-state index contributed by atoms with van der Waals surface area (Å²) >= 11 is 7.57. The van der Waals surface area contributed by atoms with Gasteiger partial charge in [0, 0.05) is 5.69 Å². The third-order valence-corrected chi connectivity index (χ3v) is 6.61. The molecule has 0 spiro atoms. The maximum Gasteiger partial charge on any atom is 0.242 e. The standard InChI is InChI=1S/C21H22ClN5O2S/c1-29-18-12-11-15(13-17(18)22)23-20(28)19(14-7-3-2-4-8-14)30-21-24-25-26-27(21)16-9-5-6-10-16/h2-4,7-8,11-13,16,19H,5-6,9-10H2,1H3,(H,23,28)/t19-/m0/s1. The Labute approximate surface area is 184 Å². The Kier molecular flexibility index (Phi) is 6.54. The molecule has 0 radical (unpaired) electrons. The van der Waals surface area contributed by atoms with E-state index in [2.05, 4.69) is 20.8 Å². The molecule has 156 valence electrons. The molecule has 1 amide bonds. The van der Waals surface area contributed by atoms with Gasteiger partial charge in [-0.3, -0.25) is 4.79 Å². The van der Waals surface area contributed by atoms with Crippen molar-refractivity contribution in [1.29, 1.82) is 0 Å². The first kappa shape index (κ1) is 20.7. The van der Waals surface area contributed by atoms with E-state index in [-0.39, 0.29) is 5.91 Å². The van der Waals surface area contributed by atoms with E-state index < -0.39 is 5.25 Å². The number of aromatic nitrogens is 4. The lowest BCUT2D eigenvalue weighted by atomic mass is 10.1. The molecule has 0 unspecified atom stereocenters. The SMILES string of the molecule is COc1ccc(NC(=O)[C@@H](Sc2nnnn2C2CCCC2)c2ccccc2)cc1Cl. The van der Waals surface area contributed by atoms with Crippen molar-refractivity contribution >= 4 is 35.0 Å². The highest BCUT2D eigenvalue weighted by Crippen LogP contribution is 2.38. The first-order valence-electron chi connectivity index (χ1n) is 9.79. The van der Waals surface area contributed by atoms with Gasteiger partial charge in [0.1, 0.15) is 11.0 Å². The van der Waals surface area contributed by atoms with Crippen LogP contribution in [0.1, 0.15) is 42.5 Å². The number of benzene rings is 2. The van der Waals surface area contributed by atoms with Gasteiger partial charge in [0.2, 0.25) is 11.1 Å². The number of nitrogens with one attached hydrogen (secondary N) is 1. The fraction of sp³-hybridized carbons (Fsp3) is 0.333. The summed E-state index contributed by atoms with van der Waals surface area (Å²) in [6.45, 7) is 0. The Balaban J connectivity index is 1.58. The highest BCUT2D eigenvalue weighted by atomic mass is 35.5. The highest BCUT2D eigenvalue weighted by Gasteiger charge is 2.28. The van der Waals surface area contributed by atoms with Gasteiger partial charge in [-0.25, -0.2) is 4.68 Å². The van der Waals surface area contributed by atoms with Gasteiger partial charge in [0.05, 0.1) is 18.2 Å². The van der Waals surface area contributed by atoms with Crippen LogP contribution < -0.4 is 10.1 Å². The van der Waals surface area contributed by atoms with Crippen molar-refractivity contribution in [3.8, 4) is 5.75 Å². The molecule has 0 saturated heterocycles. The zero-order chi connectivity index (χ0) is 20.9. The number of hydrogen-bond acceptors (Lipinski definition) is 6. The molecule has 0 bridgehead atoms. The normalized spacial score (nSPS) is 15.1. The molecule has 7 nitrogen and oxygen atoms in total. The number of tetrazole rings is 1. The molecule has 1 saturated carbocycles. The zero-order valence-electron chi connectivity index (χ0n) is 16.5. The molecule has 30 heavy (non-hydrogen) atoms. The monoisotopic (exact) mass is 443 g/mol. The molecular formula is C21H22ClN5O2S. The first-order valence-corrected chi connectivity index (χ1v) is 11.1. The quantitative estimate of drug-likeness (QED) is 0.522. The van der Waals surface area contributed by atoms with Crippen molar-refractivity contribution in [1.82, 2.24) is 20.2 Å². The van der Waals surface area contributed by atoms with Crippen molar-refractivity contribution in [3.63, 3.8) is 0 Å². The molecule has 4 rings (SSSR count). The van der Waals surface area contributed by atoms with Crippen LogP contribution in [0.4, 0.5) is 5.69 Å². The number of anilines is 1. The fourth-order valence-corrected chi connectivity index (χ4v) is 4.90. The summed E-state index contributed by atoms with van der Waals surface area (Å²) in [5.74, 6) is 0.382. The number of amides is 1. The molecule has 9 heteroatoms. The minimum absolute atomic E-state index is 0.173. The molecule has 1 aromatic heterocycles. The summed E-state index contributed by atoms with van der Waals surface area (Å²) in [5.41, 5.74) is 1.48. The Morgan fingerprint density at radius 2 is 2.00 bits per heavy atom. The second-order valence-corrected chi connectivity index (χ2v) is 8.57. The summed E-state index contributed by atoms with van der Waals surface area (Å²) in [5, 5.41) is 15.8. The second-order valence-electron chi connectivity index (χ2n) is 7.09. The number of thioether (sulfide) groups is 1. The van der Waals surface area contributed by atoms with Gasteiger partial charge in [-0.15, -0.1) is 5.10 Å². The van der Waals surface area contributed by atoms with Crippen molar-refractivity contribution < 1.29 is 9.53 Å². The summed E-state index contributed by atoms with van der Waals surface area (Å²) in [6.07, 6.45) is 4.47. The van der Waals surface area contributed by atoms with E-state index in [9.17, 15) is 4.79 Å². The van der Waals surface area contributed by atoms with Crippen LogP contribution in [-0.4, -0.2) is 33.2 Å². The van der Waals surface area contributed by atoms with Crippen LogP contribution in [-0.2, 0) is 4.79 Å². The predicted molar refractivity (Wildman–Crippen MR) is 117 cm³/mol. The minimum atomic E-state index is -0.516. The third kappa shape index (κ3) is 4.60. The maximum atomic E-state index is 13.3. The molecule has 1 aliphatic carbocycles. The predicted octanol–water partition coefficient (Wildman–Crippen LogP) is 4.92. The van der Waals surface area contributed by atoms with Crippen LogP contribution in [0.5, 0.6) is 5.75 Å². The molecule has 1 atom stereocenters. The summed E-state index contributed by atoms with van der Waals surface area (Å²) < 4.78 is 7.05. The van der Waals surface area contributed by atoms with E-state index in [0.29, 0.717) is 27.7 Å². The number of methoxy groups -OCH3 is 1. The van der Waals surface area contributed by atoms with E-state index in [0.717, 1.165) is 18.4 Å². The number of hydrogen-bond donors (Lipinski definition) is 1. The Morgan fingerprint density at radius 1 is 1.23 bits per heavy atom. The van der Waals surface area contributed by atoms with Crippen LogP contribution in [0.3, 0.4) is 0 Å². The van der Waals surface area contributed by atoms with Crippen LogP contribution >= 0.6 is 23.4 Å². The first-order chi connectivity index (χ1) is 14.7. The number of rotatable bonds is 7. The van der Waals surface area contributed by atoms with Gasteiger partial charge < -0.3 is 10.1 Å². The molecule has 2 aromatic carbocycles. The summed E-state index contributed by atoms with van der Waals surface area (Å²) in [4.78, 5) is 13.3. The summed E-state index contributed by atoms with van der Waals surface area (Å²) in [6, 6.07) is 15.1. The molecule has 1 heterocycles. The Morgan fingerprint density at radius 3 is 2.70 bits per heavy atom. The number of carbonyl (C=O) groups is 1. The van der Waals surface area contributed by atoms with E-state index in [1.807, 2.05) is 35.0 Å². The fourth-order valence-electron chi connectivity index (χ4n) is 3.60. The second kappa shape index (κ2) is 9.49. The average molecular weight is 444 g/mol. The zero-order valence-corrected chi connectivity index (χ0v) is 18.1. The smallest absolute Gasteiger partial charge is 0.242 e. The van der Waals surface area contributed by atoms with Gasteiger partial charge in [-0.2, -0.15) is 0 Å². The third-order valence-electron chi connectivity index (χ3n) is 5.12. The molecule has 1 N–H and O–H groups in total. The molecular weight excluding hydrogens is 422 g/mol. The van der Waals surface area contributed by atoms with Crippen LogP contribution in [0.15, 0.2) is 53.7 Å². The van der Waals surface area contributed by atoms with Crippen LogP contribution in [0, 0.1) is 0 Å². The number of ether oxygens (including phenoxy) is 1. The molecule has 3 aromatic rings. The van der Waals surface area contributed by atoms with Gasteiger partial charge in [-0.05, 0) is 47.0 Å². The van der Waals surface area contributed by atoms with Crippen molar-refractivity contribution in [2.24, 2.45) is 0 Å². The van der Waals surface area contributed by atoms with Crippen LogP contribution in [0.25, 0.3) is 0 Å². The van der Waals surface area contributed by atoms with Gasteiger partial charge in [0.25, 0.3) is 0 Å². The van der Waals surface area contributed by atoms with E-state index in [1.165, 1.54) is 24.6 Å². The van der Waals surface area contributed by atoms with Crippen LogP contribution in [0.2, 0.25) is 5.02 Å². The van der Waals surface area contributed by atoms with Gasteiger partial charge >= 0.3 is 0 Å². The lowest BCUT2D eigenvalue weighted by Gasteiger charge is -2.18. The Bertz CT molecular complexity index is 1010. The molecule has 1 aliphatic rings. The number of halogens is 1. The number of nitrogens with zero attached hydrogens (tertiary/aromatic N) is 4. The molecule has 0 aliphatic heterocycles. The van der Waals surface area contributed by atoms with E-state index >= 15 is 0 Å². The van der Waals surface area contributed by atoms with Crippen molar-refractivity contribution in [2.45, 2.75) is 42.1 Å². The van der Waals surface area contributed by atoms with E-state index in [1.54, 1.807) is 25.3 Å².